The average Bonchev–Trinajstić information content (AvgIpc) is 3.12. The minimum atomic E-state index is 0.745. The number of benzene rings is 1. The number of rotatable bonds is 3. The molecule has 0 aliphatic rings. The first-order valence-corrected chi connectivity index (χ1v) is 7.51. The average molecular weight is 304 g/mol. The molecular weight excluding hydrogens is 288 g/mol. The number of aryl methyl sites for hydroxylation is 2. The highest BCUT2D eigenvalue weighted by molar-refractivity contribution is 5.76. The fourth-order valence-corrected chi connectivity index (χ4v) is 2.82. The monoisotopic (exact) mass is 304 g/mol. The number of aromatic nitrogens is 4. The van der Waals surface area contributed by atoms with Gasteiger partial charge >= 0.3 is 0 Å². The third kappa shape index (κ3) is 2.40. The summed E-state index contributed by atoms with van der Waals surface area (Å²) in [5, 5.41) is 4.01. The summed E-state index contributed by atoms with van der Waals surface area (Å²) in [6, 6.07) is 14.3. The highest BCUT2D eigenvalue weighted by atomic mass is 16.5. The Morgan fingerprint density at radius 2 is 1.87 bits per heavy atom. The molecule has 0 fully saturated rings. The van der Waals surface area contributed by atoms with Crippen LogP contribution in [-0.4, -0.2) is 19.7 Å². The molecule has 0 spiro atoms. The van der Waals surface area contributed by atoms with Crippen LogP contribution in [0.3, 0.4) is 0 Å². The maximum absolute atomic E-state index is 5.26. The molecule has 0 unspecified atom stereocenters. The second-order valence-electron chi connectivity index (χ2n) is 5.60. The second-order valence-corrected chi connectivity index (χ2v) is 5.60. The SMILES string of the molecule is Cc1noc(C)c1-c1ccc2ncn(Cc3ccccc3)c2n1. The Labute approximate surface area is 133 Å². The lowest BCUT2D eigenvalue weighted by molar-refractivity contribution is 0.393. The summed E-state index contributed by atoms with van der Waals surface area (Å²) in [4.78, 5) is 9.24. The van der Waals surface area contributed by atoms with Crippen LogP contribution in [0.2, 0.25) is 0 Å². The van der Waals surface area contributed by atoms with Crippen molar-refractivity contribution >= 4 is 11.2 Å². The topological polar surface area (TPSA) is 56.7 Å². The van der Waals surface area contributed by atoms with E-state index in [2.05, 4.69) is 26.8 Å². The molecule has 0 saturated carbocycles. The van der Waals surface area contributed by atoms with Crippen molar-refractivity contribution in [3.8, 4) is 11.3 Å². The van der Waals surface area contributed by atoms with Crippen LogP contribution in [0.1, 0.15) is 17.0 Å². The van der Waals surface area contributed by atoms with Gasteiger partial charge in [-0.15, -0.1) is 0 Å². The Kier molecular flexibility index (Phi) is 3.19. The highest BCUT2D eigenvalue weighted by Gasteiger charge is 2.14. The normalized spacial score (nSPS) is 11.2. The summed E-state index contributed by atoms with van der Waals surface area (Å²) in [6.45, 7) is 4.58. The fourth-order valence-electron chi connectivity index (χ4n) is 2.82. The molecule has 0 radical (unpaired) electrons. The van der Waals surface area contributed by atoms with Gasteiger partial charge in [-0.05, 0) is 31.5 Å². The standard InChI is InChI=1S/C18H16N4O/c1-12-17(13(2)23-21-12)15-8-9-16-18(20-15)22(11-19-16)10-14-6-4-3-5-7-14/h3-9,11H,10H2,1-2H3. The summed E-state index contributed by atoms with van der Waals surface area (Å²) in [5.41, 5.74) is 5.64. The summed E-state index contributed by atoms with van der Waals surface area (Å²) in [6.07, 6.45) is 1.84. The molecule has 0 aliphatic carbocycles. The maximum Gasteiger partial charge on any atom is 0.160 e. The Morgan fingerprint density at radius 1 is 1.04 bits per heavy atom. The quantitative estimate of drug-likeness (QED) is 0.578. The van der Waals surface area contributed by atoms with Crippen LogP contribution in [-0.2, 0) is 6.54 Å². The molecule has 0 amide bonds. The first-order valence-electron chi connectivity index (χ1n) is 7.51. The predicted octanol–water partition coefficient (Wildman–Crippen LogP) is 3.75. The van der Waals surface area contributed by atoms with Gasteiger partial charge in [0.1, 0.15) is 11.3 Å². The Morgan fingerprint density at radius 3 is 2.61 bits per heavy atom. The van der Waals surface area contributed by atoms with E-state index >= 15 is 0 Å². The number of hydrogen-bond acceptors (Lipinski definition) is 4. The van der Waals surface area contributed by atoms with Crippen LogP contribution >= 0.6 is 0 Å². The van der Waals surface area contributed by atoms with E-state index in [-0.39, 0.29) is 0 Å². The van der Waals surface area contributed by atoms with Crippen molar-refractivity contribution < 1.29 is 4.52 Å². The van der Waals surface area contributed by atoms with Crippen molar-refractivity contribution in [3.05, 3.63) is 65.8 Å². The zero-order chi connectivity index (χ0) is 15.8. The molecule has 5 heteroatoms. The van der Waals surface area contributed by atoms with Gasteiger partial charge in [0.15, 0.2) is 5.65 Å². The van der Waals surface area contributed by atoms with Crippen molar-refractivity contribution in [2.75, 3.05) is 0 Å². The number of pyridine rings is 1. The third-order valence-electron chi connectivity index (χ3n) is 3.95. The third-order valence-corrected chi connectivity index (χ3v) is 3.95. The minimum absolute atomic E-state index is 0.745. The molecular formula is C18H16N4O. The molecule has 3 aromatic heterocycles. The summed E-state index contributed by atoms with van der Waals surface area (Å²) in [5.74, 6) is 0.781. The molecule has 0 N–H and O–H groups in total. The number of fused-ring (bicyclic) bond motifs is 1. The molecule has 3 heterocycles. The van der Waals surface area contributed by atoms with Crippen molar-refractivity contribution in [3.63, 3.8) is 0 Å². The smallest absolute Gasteiger partial charge is 0.160 e. The highest BCUT2D eigenvalue weighted by Crippen LogP contribution is 2.26. The first-order chi connectivity index (χ1) is 11.2. The molecule has 0 atom stereocenters. The number of imidazole rings is 1. The van der Waals surface area contributed by atoms with Gasteiger partial charge in [-0.2, -0.15) is 0 Å². The molecule has 114 valence electrons. The lowest BCUT2D eigenvalue weighted by Gasteiger charge is -2.05. The van der Waals surface area contributed by atoms with Gasteiger partial charge in [0.25, 0.3) is 0 Å². The maximum atomic E-state index is 5.26. The lowest BCUT2D eigenvalue weighted by Crippen LogP contribution is -1.99. The van der Waals surface area contributed by atoms with Crippen LogP contribution in [0.4, 0.5) is 0 Å². The summed E-state index contributed by atoms with van der Waals surface area (Å²) < 4.78 is 7.32. The van der Waals surface area contributed by atoms with E-state index in [1.54, 1.807) is 0 Å². The van der Waals surface area contributed by atoms with E-state index in [4.69, 9.17) is 9.51 Å². The van der Waals surface area contributed by atoms with Crippen molar-refractivity contribution in [1.82, 2.24) is 19.7 Å². The van der Waals surface area contributed by atoms with Gasteiger partial charge in [0.05, 0.1) is 29.8 Å². The number of nitrogens with zero attached hydrogens (tertiary/aromatic N) is 4. The van der Waals surface area contributed by atoms with Gasteiger partial charge in [-0.25, -0.2) is 9.97 Å². The van der Waals surface area contributed by atoms with Crippen LogP contribution in [0.25, 0.3) is 22.4 Å². The zero-order valence-electron chi connectivity index (χ0n) is 13.0. The molecule has 0 aliphatic heterocycles. The van der Waals surface area contributed by atoms with Crippen LogP contribution in [0.5, 0.6) is 0 Å². The summed E-state index contributed by atoms with van der Waals surface area (Å²) >= 11 is 0. The Bertz CT molecular complexity index is 950. The van der Waals surface area contributed by atoms with E-state index in [1.165, 1.54) is 5.56 Å². The van der Waals surface area contributed by atoms with E-state index in [9.17, 15) is 0 Å². The molecule has 0 bridgehead atoms. The van der Waals surface area contributed by atoms with Crippen LogP contribution in [0, 0.1) is 13.8 Å². The minimum Gasteiger partial charge on any atom is -0.361 e. The van der Waals surface area contributed by atoms with Crippen molar-refractivity contribution in [1.29, 1.82) is 0 Å². The van der Waals surface area contributed by atoms with Gasteiger partial charge in [0.2, 0.25) is 0 Å². The van der Waals surface area contributed by atoms with Crippen LogP contribution in [0.15, 0.2) is 53.3 Å². The van der Waals surface area contributed by atoms with E-state index in [0.717, 1.165) is 40.4 Å². The molecule has 4 rings (SSSR count). The molecule has 0 saturated heterocycles. The fraction of sp³-hybridized carbons (Fsp3) is 0.167. The van der Waals surface area contributed by atoms with E-state index < -0.39 is 0 Å². The van der Waals surface area contributed by atoms with E-state index in [1.807, 2.05) is 50.5 Å². The largest absolute Gasteiger partial charge is 0.361 e. The zero-order valence-corrected chi connectivity index (χ0v) is 13.0. The van der Waals surface area contributed by atoms with Crippen molar-refractivity contribution in [2.24, 2.45) is 0 Å². The molecule has 5 nitrogen and oxygen atoms in total. The Balaban J connectivity index is 1.80. The molecule has 23 heavy (non-hydrogen) atoms. The van der Waals surface area contributed by atoms with Gasteiger partial charge in [-0.3, -0.25) is 0 Å². The van der Waals surface area contributed by atoms with E-state index in [0.29, 0.717) is 0 Å². The van der Waals surface area contributed by atoms with Gasteiger partial charge in [-0.1, -0.05) is 35.5 Å². The molecule has 4 aromatic rings. The predicted molar refractivity (Wildman–Crippen MR) is 88.0 cm³/mol. The molecule has 1 aromatic carbocycles. The van der Waals surface area contributed by atoms with Gasteiger partial charge < -0.3 is 9.09 Å². The summed E-state index contributed by atoms with van der Waals surface area (Å²) in [7, 11) is 0. The first kappa shape index (κ1) is 13.7. The van der Waals surface area contributed by atoms with Crippen molar-refractivity contribution in [2.45, 2.75) is 20.4 Å². The second kappa shape index (κ2) is 5.35. The Hall–Kier alpha value is -2.95. The lowest BCUT2D eigenvalue weighted by atomic mass is 10.1. The van der Waals surface area contributed by atoms with Gasteiger partial charge in [0, 0.05) is 0 Å². The van der Waals surface area contributed by atoms with Crippen LogP contribution < -0.4 is 0 Å². The number of hydrogen-bond donors (Lipinski definition) is 0.